The zero-order valence-electron chi connectivity index (χ0n) is 29.7. The fourth-order valence-electron chi connectivity index (χ4n) is 6.87. The third-order valence-corrected chi connectivity index (χ3v) is 9.60. The van der Waals surface area contributed by atoms with Crippen molar-refractivity contribution in [2.75, 3.05) is 37.9 Å². The number of hydrogen-bond acceptors (Lipinski definition) is 8. The van der Waals surface area contributed by atoms with Gasteiger partial charge in [-0.15, -0.1) is 0 Å². The third-order valence-electron chi connectivity index (χ3n) is 9.60. The van der Waals surface area contributed by atoms with Gasteiger partial charge in [0.05, 0.1) is 26.4 Å². The van der Waals surface area contributed by atoms with Gasteiger partial charge in [-0.25, -0.2) is 0 Å². The quantitative estimate of drug-likeness (QED) is 0.178. The summed E-state index contributed by atoms with van der Waals surface area (Å²) in [4.78, 5) is 25.8. The van der Waals surface area contributed by atoms with Crippen molar-refractivity contribution in [3.63, 3.8) is 0 Å². The van der Waals surface area contributed by atoms with Crippen LogP contribution in [0.2, 0.25) is 0 Å². The van der Waals surface area contributed by atoms with Gasteiger partial charge in [-0.2, -0.15) is 0 Å². The molecule has 2 aliphatic carbocycles. The Bertz CT molecular complexity index is 1700. The Morgan fingerprint density at radius 3 is 1.75 bits per heavy atom. The zero-order chi connectivity index (χ0) is 35.4. The molecule has 2 heterocycles. The molecule has 51 heavy (non-hydrogen) atoms. The molecule has 10 nitrogen and oxygen atoms in total. The monoisotopic (exact) mass is 694 g/mol. The van der Waals surface area contributed by atoms with Crippen LogP contribution in [0.15, 0.2) is 90.3 Å². The Hall–Kier alpha value is -5.12. The number of benzene rings is 3. The van der Waals surface area contributed by atoms with Crippen LogP contribution in [0.25, 0.3) is 0 Å². The first-order chi connectivity index (χ1) is 24.9. The third kappa shape index (κ3) is 10.2. The number of methoxy groups -OCH3 is 2. The molecule has 7 rings (SSSR count). The fraction of sp³-hybridized carbons (Fsp3) is 0.415. The van der Waals surface area contributed by atoms with E-state index >= 15 is 0 Å². The lowest BCUT2D eigenvalue weighted by Crippen LogP contribution is -2.34. The number of carbonyl (C=O) groups excluding carboxylic acids is 2. The Morgan fingerprint density at radius 2 is 1.24 bits per heavy atom. The Kier molecular flexibility index (Phi) is 12.4. The molecule has 0 radical (unpaired) electrons. The second-order valence-corrected chi connectivity index (χ2v) is 13.4. The van der Waals surface area contributed by atoms with E-state index in [0.29, 0.717) is 19.6 Å². The molecule has 0 atom stereocenters. The van der Waals surface area contributed by atoms with Crippen molar-refractivity contribution in [1.29, 1.82) is 0 Å². The first kappa shape index (κ1) is 35.7. The van der Waals surface area contributed by atoms with E-state index in [0.717, 1.165) is 89.9 Å². The molecule has 270 valence electrons. The highest BCUT2D eigenvalue weighted by molar-refractivity contribution is 5.90. The second-order valence-electron chi connectivity index (χ2n) is 13.4. The molecule has 4 aliphatic rings. The van der Waals surface area contributed by atoms with Gasteiger partial charge in [-0.05, 0) is 81.2 Å². The highest BCUT2D eigenvalue weighted by atomic mass is 16.5. The average molecular weight is 695 g/mol. The highest BCUT2D eigenvalue weighted by Crippen LogP contribution is 2.36. The number of ether oxygens (including phenoxy) is 4. The predicted octanol–water partition coefficient (Wildman–Crippen LogP) is 7.58. The number of nitrogens with zero attached hydrogens (tertiary/aromatic N) is 1. The minimum absolute atomic E-state index is 0.0403. The van der Waals surface area contributed by atoms with Crippen LogP contribution < -0.4 is 34.9 Å². The molecule has 0 aromatic heterocycles. The molecule has 2 aliphatic heterocycles. The molecule has 3 aromatic rings. The van der Waals surface area contributed by atoms with Crippen LogP contribution in [-0.4, -0.2) is 56.2 Å². The summed E-state index contributed by atoms with van der Waals surface area (Å²) >= 11 is 0. The van der Waals surface area contributed by atoms with Crippen molar-refractivity contribution in [2.45, 2.75) is 83.0 Å². The largest absolute Gasteiger partial charge is 0.493 e. The molecule has 2 saturated carbocycles. The highest BCUT2D eigenvalue weighted by Gasteiger charge is 2.22. The molecule has 10 heteroatoms. The Balaban J connectivity index is 0.000000183. The van der Waals surface area contributed by atoms with E-state index in [2.05, 4.69) is 16.0 Å². The minimum Gasteiger partial charge on any atom is -0.493 e. The van der Waals surface area contributed by atoms with Gasteiger partial charge < -0.3 is 39.8 Å². The molecule has 3 aromatic carbocycles. The summed E-state index contributed by atoms with van der Waals surface area (Å²) < 4.78 is 23.1. The van der Waals surface area contributed by atoms with Crippen molar-refractivity contribution < 1.29 is 28.5 Å². The van der Waals surface area contributed by atoms with Crippen LogP contribution >= 0.6 is 0 Å². The predicted molar refractivity (Wildman–Crippen MR) is 199 cm³/mol. The van der Waals surface area contributed by atoms with Crippen LogP contribution in [0.3, 0.4) is 0 Å². The molecular formula is C41H50N4O6. The maximum atomic E-state index is 12.6. The van der Waals surface area contributed by atoms with E-state index in [1.165, 1.54) is 25.7 Å². The normalized spacial score (nSPS) is 17.8. The summed E-state index contributed by atoms with van der Waals surface area (Å²) in [6, 6.07) is 21.7. The number of anilines is 2. The summed E-state index contributed by atoms with van der Waals surface area (Å²) in [6.45, 7) is 2.01. The Morgan fingerprint density at radius 1 is 0.686 bits per heavy atom. The number of carbonyl (C=O) groups is 2. The van der Waals surface area contributed by atoms with Gasteiger partial charge in [0, 0.05) is 79.5 Å². The molecule has 0 unspecified atom stereocenters. The SMILES string of the molecule is COc1ccc(NC2=CC(=O)N(Cc3ccccc3)CC2)cc1OC1CCCC1.COc1ccc(NC2=CC(=O)NCC2)cc1OC1CCCC1. The van der Waals surface area contributed by atoms with Gasteiger partial charge >= 0.3 is 0 Å². The molecule has 0 spiro atoms. The van der Waals surface area contributed by atoms with E-state index in [4.69, 9.17) is 18.9 Å². The van der Waals surface area contributed by atoms with Gasteiger partial charge in [0.25, 0.3) is 0 Å². The smallest absolute Gasteiger partial charge is 0.248 e. The van der Waals surface area contributed by atoms with E-state index in [9.17, 15) is 9.59 Å². The molecule has 3 N–H and O–H groups in total. The van der Waals surface area contributed by atoms with Gasteiger partial charge in [-0.1, -0.05) is 30.3 Å². The van der Waals surface area contributed by atoms with Crippen molar-refractivity contribution in [2.24, 2.45) is 0 Å². The maximum Gasteiger partial charge on any atom is 0.248 e. The Labute approximate surface area is 301 Å². The first-order valence-electron chi connectivity index (χ1n) is 18.2. The van der Waals surface area contributed by atoms with Gasteiger partial charge in [-0.3, -0.25) is 9.59 Å². The average Bonchev–Trinajstić information content (AvgIpc) is 3.86. The van der Waals surface area contributed by atoms with Gasteiger partial charge in [0.15, 0.2) is 23.0 Å². The van der Waals surface area contributed by atoms with E-state index < -0.39 is 0 Å². The lowest BCUT2D eigenvalue weighted by molar-refractivity contribution is -0.127. The molecule has 2 fully saturated rings. The zero-order valence-corrected chi connectivity index (χ0v) is 29.7. The number of nitrogens with one attached hydrogen (secondary N) is 3. The summed E-state index contributed by atoms with van der Waals surface area (Å²) in [6.07, 6.45) is 14.7. The van der Waals surface area contributed by atoms with Crippen LogP contribution in [0, 0.1) is 0 Å². The molecule has 0 saturated heterocycles. The molecule has 2 amide bonds. The van der Waals surface area contributed by atoms with Crippen molar-refractivity contribution in [3.05, 3.63) is 95.8 Å². The standard InChI is InChI=1S/C24H28N2O3.C17H22N2O3/c1-28-22-12-11-19(15-23(22)29-21-9-5-6-10-21)25-20-13-14-26(24(27)16-20)17-18-7-3-2-4-8-18;1-21-15-7-6-12(19-13-8-9-18-17(20)11-13)10-16(15)22-14-4-2-3-5-14/h2-4,7-8,11-12,15-16,21,25H,5-6,9-10,13-14,17H2,1H3;6-7,10-11,14,19H,2-5,8-9H2,1H3,(H,18,20). The topological polar surface area (TPSA) is 110 Å². The van der Waals surface area contributed by atoms with Crippen LogP contribution in [-0.2, 0) is 16.1 Å². The van der Waals surface area contributed by atoms with Crippen LogP contribution in [0.4, 0.5) is 11.4 Å². The molecule has 0 bridgehead atoms. The summed E-state index contributed by atoms with van der Waals surface area (Å²) in [5, 5.41) is 9.46. The van der Waals surface area contributed by atoms with Crippen molar-refractivity contribution in [3.8, 4) is 23.0 Å². The second kappa shape index (κ2) is 17.7. The number of hydrogen-bond donors (Lipinski definition) is 3. The van der Waals surface area contributed by atoms with Crippen LogP contribution in [0.5, 0.6) is 23.0 Å². The molecular weight excluding hydrogens is 644 g/mol. The van der Waals surface area contributed by atoms with Crippen molar-refractivity contribution >= 4 is 23.2 Å². The van der Waals surface area contributed by atoms with Gasteiger partial charge in [0.1, 0.15) is 0 Å². The maximum absolute atomic E-state index is 12.6. The van der Waals surface area contributed by atoms with Gasteiger partial charge in [0.2, 0.25) is 11.8 Å². The van der Waals surface area contributed by atoms with E-state index in [1.54, 1.807) is 26.4 Å². The minimum atomic E-state index is -0.0512. The number of rotatable bonds is 12. The van der Waals surface area contributed by atoms with E-state index in [-0.39, 0.29) is 24.0 Å². The summed E-state index contributed by atoms with van der Waals surface area (Å²) in [5.74, 6) is 3.00. The summed E-state index contributed by atoms with van der Waals surface area (Å²) in [7, 11) is 3.31. The lowest BCUT2D eigenvalue weighted by Gasteiger charge is -2.27. The van der Waals surface area contributed by atoms with Crippen molar-refractivity contribution in [1.82, 2.24) is 10.2 Å². The fourth-order valence-corrected chi connectivity index (χ4v) is 6.87. The first-order valence-corrected chi connectivity index (χ1v) is 18.2. The number of amides is 2. The summed E-state index contributed by atoms with van der Waals surface area (Å²) in [5.41, 5.74) is 4.82. The van der Waals surface area contributed by atoms with Crippen LogP contribution in [0.1, 0.15) is 69.8 Å². The lowest BCUT2D eigenvalue weighted by atomic mass is 10.1. The van der Waals surface area contributed by atoms with E-state index in [1.807, 2.05) is 71.6 Å².